The summed E-state index contributed by atoms with van der Waals surface area (Å²) in [5.74, 6) is 0.300. The molecule has 5 nitrogen and oxygen atoms in total. The minimum Gasteiger partial charge on any atom is -0.322 e. The lowest BCUT2D eigenvalue weighted by molar-refractivity contribution is -0.136. The van der Waals surface area contributed by atoms with E-state index in [2.05, 4.69) is 27.3 Å². The zero-order valence-corrected chi connectivity index (χ0v) is 16.3. The van der Waals surface area contributed by atoms with Crippen LogP contribution in [0.2, 0.25) is 0 Å². The molecule has 2 aliphatic heterocycles. The van der Waals surface area contributed by atoms with E-state index in [0.717, 1.165) is 28.0 Å². The number of hydrogen-bond donors (Lipinski definition) is 1. The van der Waals surface area contributed by atoms with E-state index in [0.29, 0.717) is 18.5 Å². The predicted molar refractivity (Wildman–Crippen MR) is 101 cm³/mol. The number of imide groups is 1. The van der Waals surface area contributed by atoms with Crippen LogP contribution in [-0.4, -0.2) is 39.7 Å². The standard InChI is InChI=1S/C18H21BrN2O3S/c19-9-2-1-3-10-25-15-6-4-5-12-13(15)11-21(18(12)24)14-7-8-16(22)20-17(14)23/h4-6,14H,1-3,7-11H2,(H,20,22,23). The van der Waals surface area contributed by atoms with Gasteiger partial charge in [-0.2, -0.15) is 0 Å². The van der Waals surface area contributed by atoms with Crippen molar-refractivity contribution in [3.63, 3.8) is 0 Å². The third kappa shape index (κ3) is 4.08. The predicted octanol–water partition coefficient (Wildman–Crippen LogP) is 3.10. The van der Waals surface area contributed by atoms with Crippen LogP contribution in [0.1, 0.15) is 48.0 Å². The van der Waals surface area contributed by atoms with Crippen LogP contribution in [0.15, 0.2) is 23.1 Å². The maximum Gasteiger partial charge on any atom is 0.255 e. The molecule has 1 N–H and O–H groups in total. The zero-order valence-electron chi connectivity index (χ0n) is 13.9. The summed E-state index contributed by atoms with van der Waals surface area (Å²) in [5.41, 5.74) is 1.71. The summed E-state index contributed by atoms with van der Waals surface area (Å²) >= 11 is 5.22. The maximum absolute atomic E-state index is 12.7. The van der Waals surface area contributed by atoms with Crippen molar-refractivity contribution in [2.75, 3.05) is 11.1 Å². The molecule has 0 spiro atoms. The molecule has 25 heavy (non-hydrogen) atoms. The quantitative estimate of drug-likeness (QED) is 0.316. The summed E-state index contributed by atoms with van der Waals surface area (Å²) in [7, 11) is 0. The lowest BCUT2D eigenvalue weighted by Crippen LogP contribution is -2.52. The molecule has 1 atom stereocenters. The zero-order chi connectivity index (χ0) is 17.8. The van der Waals surface area contributed by atoms with Crippen LogP contribution in [-0.2, 0) is 16.1 Å². The van der Waals surface area contributed by atoms with Crippen molar-refractivity contribution in [3.8, 4) is 0 Å². The molecule has 0 aromatic heterocycles. The number of benzene rings is 1. The van der Waals surface area contributed by atoms with Crippen molar-refractivity contribution in [1.29, 1.82) is 0 Å². The molecule has 7 heteroatoms. The Labute approximate surface area is 160 Å². The van der Waals surface area contributed by atoms with E-state index in [4.69, 9.17) is 0 Å². The largest absolute Gasteiger partial charge is 0.322 e. The highest BCUT2D eigenvalue weighted by molar-refractivity contribution is 9.09. The smallest absolute Gasteiger partial charge is 0.255 e. The fraction of sp³-hybridized carbons (Fsp3) is 0.500. The van der Waals surface area contributed by atoms with Crippen LogP contribution >= 0.6 is 27.7 Å². The molecular formula is C18H21BrN2O3S. The normalized spacial score (nSPS) is 20.0. The molecule has 3 rings (SSSR count). The SMILES string of the molecule is O=C1CCC(N2Cc3c(SCCCCCBr)cccc3C2=O)C(=O)N1. The summed E-state index contributed by atoms with van der Waals surface area (Å²) in [6.07, 6.45) is 4.19. The van der Waals surface area contributed by atoms with Gasteiger partial charge in [0.2, 0.25) is 11.8 Å². The number of fused-ring (bicyclic) bond motifs is 1. The molecule has 0 radical (unpaired) electrons. The van der Waals surface area contributed by atoms with E-state index in [1.807, 2.05) is 12.1 Å². The topological polar surface area (TPSA) is 66.5 Å². The monoisotopic (exact) mass is 424 g/mol. The average molecular weight is 425 g/mol. The van der Waals surface area contributed by atoms with Gasteiger partial charge in [-0.15, -0.1) is 11.8 Å². The van der Waals surface area contributed by atoms with Gasteiger partial charge in [0.05, 0.1) is 0 Å². The van der Waals surface area contributed by atoms with Crippen LogP contribution in [0.3, 0.4) is 0 Å². The summed E-state index contributed by atoms with van der Waals surface area (Å²) in [6.45, 7) is 0.449. The first-order valence-corrected chi connectivity index (χ1v) is 10.7. The van der Waals surface area contributed by atoms with Gasteiger partial charge in [-0.05, 0) is 42.7 Å². The van der Waals surface area contributed by atoms with Crippen LogP contribution < -0.4 is 5.32 Å². The van der Waals surface area contributed by atoms with Gasteiger partial charge >= 0.3 is 0 Å². The molecule has 2 heterocycles. The highest BCUT2D eigenvalue weighted by atomic mass is 79.9. The number of carbonyl (C=O) groups excluding carboxylic acids is 3. The van der Waals surface area contributed by atoms with Gasteiger partial charge in [-0.1, -0.05) is 28.4 Å². The first kappa shape index (κ1) is 18.5. The molecule has 0 bridgehead atoms. The highest BCUT2D eigenvalue weighted by Crippen LogP contribution is 2.34. The lowest BCUT2D eigenvalue weighted by atomic mass is 10.0. The summed E-state index contributed by atoms with van der Waals surface area (Å²) < 4.78 is 0. The fourth-order valence-electron chi connectivity index (χ4n) is 3.25. The number of thioether (sulfide) groups is 1. The van der Waals surface area contributed by atoms with Gasteiger partial charge in [0.25, 0.3) is 5.91 Å². The molecule has 1 aromatic rings. The van der Waals surface area contributed by atoms with E-state index < -0.39 is 6.04 Å². The number of halogens is 1. The Balaban J connectivity index is 1.69. The van der Waals surface area contributed by atoms with Crippen molar-refractivity contribution < 1.29 is 14.4 Å². The Hall–Kier alpha value is -1.34. The number of alkyl halides is 1. The second-order valence-electron chi connectivity index (χ2n) is 6.28. The average Bonchev–Trinajstić information content (AvgIpc) is 2.92. The molecule has 1 saturated heterocycles. The third-order valence-electron chi connectivity index (χ3n) is 4.57. The van der Waals surface area contributed by atoms with E-state index in [1.165, 1.54) is 12.8 Å². The Morgan fingerprint density at radius 3 is 2.80 bits per heavy atom. The van der Waals surface area contributed by atoms with Gasteiger partial charge in [0.1, 0.15) is 6.04 Å². The number of hydrogen-bond acceptors (Lipinski definition) is 4. The Morgan fingerprint density at radius 1 is 1.20 bits per heavy atom. The second-order valence-corrected chi connectivity index (χ2v) is 8.21. The molecular weight excluding hydrogens is 404 g/mol. The van der Waals surface area contributed by atoms with Crippen LogP contribution in [0.25, 0.3) is 0 Å². The molecule has 0 saturated carbocycles. The molecule has 1 aromatic carbocycles. The number of nitrogens with one attached hydrogen (secondary N) is 1. The summed E-state index contributed by atoms with van der Waals surface area (Å²) in [4.78, 5) is 38.9. The summed E-state index contributed by atoms with van der Waals surface area (Å²) in [6, 6.07) is 5.24. The van der Waals surface area contributed by atoms with Gasteiger partial charge in [-0.3, -0.25) is 19.7 Å². The Morgan fingerprint density at radius 2 is 2.04 bits per heavy atom. The van der Waals surface area contributed by atoms with E-state index in [-0.39, 0.29) is 24.1 Å². The molecule has 0 aliphatic carbocycles. The maximum atomic E-state index is 12.7. The van der Waals surface area contributed by atoms with E-state index in [9.17, 15) is 14.4 Å². The Bertz CT molecular complexity index is 695. The number of carbonyl (C=O) groups is 3. The van der Waals surface area contributed by atoms with Gasteiger partial charge in [-0.25, -0.2) is 0 Å². The Kier molecular flexibility index (Phi) is 6.17. The fourth-order valence-corrected chi connectivity index (χ4v) is 4.74. The van der Waals surface area contributed by atoms with Crippen LogP contribution in [0.4, 0.5) is 0 Å². The first-order valence-electron chi connectivity index (χ1n) is 8.57. The number of rotatable bonds is 7. The minimum absolute atomic E-state index is 0.105. The van der Waals surface area contributed by atoms with Crippen molar-refractivity contribution in [1.82, 2.24) is 10.2 Å². The second kappa shape index (κ2) is 8.36. The molecule has 2 aliphatic rings. The van der Waals surface area contributed by atoms with Crippen molar-refractivity contribution in [2.24, 2.45) is 0 Å². The molecule has 1 unspecified atom stereocenters. The summed E-state index contributed by atoms with van der Waals surface area (Å²) in [5, 5.41) is 3.38. The van der Waals surface area contributed by atoms with Crippen molar-refractivity contribution in [2.45, 2.75) is 49.6 Å². The van der Waals surface area contributed by atoms with E-state index in [1.54, 1.807) is 16.7 Å². The number of nitrogens with zero attached hydrogens (tertiary/aromatic N) is 1. The van der Waals surface area contributed by atoms with Crippen LogP contribution in [0, 0.1) is 0 Å². The van der Waals surface area contributed by atoms with E-state index >= 15 is 0 Å². The van der Waals surface area contributed by atoms with Crippen molar-refractivity contribution >= 4 is 45.4 Å². The molecule has 3 amide bonds. The van der Waals surface area contributed by atoms with Crippen LogP contribution in [0.5, 0.6) is 0 Å². The van der Waals surface area contributed by atoms with Gasteiger partial charge in [0.15, 0.2) is 0 Å². The number of unbranched alkanes of at least 4 members (excludes halogenated alkanes) is 2. The molecule has 1 fully saturated rings. The number of amides is 3. The van der Waals surface area contributed by atoms with Crippen molar-refractivity contribution in [3.05, 3.63) is 29.3 Å². The van der Waals surface area contributed by atoms with Gasteiger partial charge < -0.3 is 4.90 Å². The van der Waals surface area contributed by atoms with Gasteiger partial charge in [0, 0.05) is 28.8 Å². The third-order valence-corrected chi connectivity index (χ3v) is 6.32. The molecule has 134 valence electrons. The lowest BCUT2D eigenvalue weighted by Gasteiger charge is -2.29. The minimum atomic E-state index is -0.547. The first-order chi connectivity index (χ1) is 12.1. The number of piperidine rings is 1. The highest BCUT2D eigenvalue weighted by Gasteiger charge is 2.39.